The second-order valence-corrected chi connectivity index (χ2v) is 4.46. The average molecular weight is 280 g/mol. The minimum Gasteiger partial charge on any atom is -0.760 e. The molecule has 3 N–H and O–H groups in total. The van der Waals surface area contributed by atoms with Crippen molar-refractivity contribution in [2.24, 2.45) is 0 Å². The predicted molar refractivity (Wildman–Crippen MR) is 67.7 cm³/mol. The molecule has 2 aromatic rings. The van der Waals surface area contributed by atoms with Gasteiger partial charge in [-0.1, -0.05) is 18.2 Å². The molecule has 0 aliphatic heterocycles. The van der Waals surface area contributed by atoms with Gasteiger partial charge >= 0.3 is 0 Å². The number of aromatic amines is 1. The van der Waals surface area contributed by atoms with Crippen LogP contribution in [0.3, 0.4) is 0 Å². The second-order valence-electron chi connectivity index (χ2n) is 3.70. The lowest BCUT2D eigenvalue weighted by atomic mass is 10.1. The molecule has 1 unspecified atom stereocenters. The maximum absolute atomic E-state index is 11.3. The van der Waals surface area contributed by atoms with Gasteiger partial charge in [-0.25, -0.2) is 9.71 Å². The summed E-state index contributed by atoms with van der Waals surface area (Å²) in [6, 6.07) is 6.86. The van der Waals surface area contributed by atoms with Crippen LogP contribution in [0.25, 0.3) is 11.4 Å². The zero-order valence-electron chi connectivity index (χ0n) is 9.62. The lowest BCUT2D eigenvalue weighted by Gasteiger charge is -2.08. The number of nitrogens with zero attached hydrogens (tertiary/aromatic N) is 1. The molecular formula is C11H10N3O4S-. The van der Waals surface area contributed by atoms with E-state index in [0.717, 1.165) is 11.8 Å². The highest BCUT2D eigenvalue weighted by Crippen LogP contribution is 2.15. The molecule has 0 aliphatic carbocycles. The van der Waals surface area contributed by atoms with E-state index in [9.17, 15) is 13.6 Å². The molecule has 0 saturated carbocycles. The minimum atomic E-state index is -2.33. The fourth-order valence-electron chi connectivity index (χ4n) is 1.51. The van der Waals surface area contributed by atoms with Crippen molar-refractivity contribution in [3.63, 3.8) is 0 Å². The topological polar surface area (TPSA) is 118 Å². The van der Waals surface area contributed by atoms with Crippen LogP contribution in [0, 0.1) is 0 Å². The van der Waals surface area contributed by atoms with Crippen molar-refractivity contribution < 1.29 is 13.9 Å². The standard InChI is InChI=1S/C11H11N3O4S/c15-9-6-12-10(14-11(9)16)8-3-1-2-7(4-8)5-13-19(17)18/h1-4,6,13,15H,5H2,(H,17,18)(H,12,14,16)/p-1. The van der Waals surface area contributed by atoms with E-state index in [1.165, 1.54) is 0 Å². The summed E-state index contributed by atoms with van der Waals surface area (Å²) < 4.78 is 23.1. The van der Waals surface area contributed by atoms with Gasteiger partial charge in [0.2, 0.25) is 0 Å². The van der Waals surface area contributed by atoms with Crippen molar-refractivity contribution in [3.05, 3.63) is 46.4 Å². The summed E-state index contributed by atoms with van der Waals surface area (Å²) in [7, 11) is 0. The Labute approximate surface area is 110 Å². The fourth-order valence-corrected chi connectivity index (χ4v) is 1.79. The molecule has 0 bridgehead atoms. The molecule has 1 atom stereocenters. The first kappa shape index (κ1) is 13.4. The molecule has 1 aromatic carbocycles. The average Bonchev–Trinajstić information content (AvgIpc) is 2.40. The van der Waals surface area contributed by atoms with Gasteiger partial charge in [-0.15, -0.1) is 0 Å². The van der Waals surface area contributed by atoms with E-state index in [1.807, 2.05) is 0 Å². The van der Waals surface area contributed by atoms with E-state index < -0.39 is 22.6 Å². The molecule has 7 nitrogen and oxygen atoms in total. The molecule has 0 amide bonds. The van der Waals surface area contributed by atoms with Crippen LogP contribution in [-0.4, -0.2) is 23.8 Å². The van der Waals surface area contributed by atoms with Crippen LogP contribution >= 0.6 is 0 Å². The maximum atomic E-state index is 11.3. The van der Waals surface area contributed by atoms with Crippen LogP contribution in [-0.2, 0) is 17.8 Å². The van der Waals surface area contributed by atoms with Gasteiger partial charge in [0.25, 0.3) is 5.56 Å². The lowest BCUT2D eigenvalue weighted by molar-refractivity contribution is 0.463. The van der Waals surface area contributed by atoms with E-state index in [2.05, 4.69) is 14.7 Å². The van der Waals surface area contributed by atoms with Crippen molar-refractivity contribution in [3.8, 4) is 17.1 Å². The van der Waals surface area contributed by atoms with E-state index in [4.69, 9.17) is 5.11 Å². The van der Waals surface area contributed by atoms with Gasteiger partial charge in [-0.3, -0.25) is 9.00 Å². The van der Waals surface area contributed by atoms with Crippen molar-refractivity contribution >= 4 is 11.3 Å². The van der Waals surface area contributed by atoms with Gasteiger partial charge in [0, 0.05) is 23.4 Å². The van der Waals surface area contributed by atoms with Gasteiger partial charge in [0.05, 0.1) is 6.20 Å². The Hall–Kier alpha value is -2.03. The molecule has 0 spiro atoms. The Morgan fingerprint density at radius 3 is 2.95 bits per heavy atom. The van der Waals surface area contributed by atoms with Crippen LogP contribution in [0.15, 0.2) is 35.3 Å². The smallest absolute Gasteiger partial charge is 0.293 e. The van der Waals surface area contributed by atoms with Crippen molar-refractivity contribution in [1.29, 1.82) is 0 Å². The molecule has 19 heavy (non-hydrogen) atoms. The highest BCUT2D eigenvalue weighted by atomic mass is 32.2. The summed E-state index contributed by atoms with van der Waals surface area (Å²) in [6.45, 7) is 0.145. The number of aromatic hydroxyl groups is 1. The Morgan fingerprint density at radius 1 is 1.47 bits per heavy atom. The third-order valence-corrected chi connectivity index (χ3v) is 2.76. The normalized spacial score (nSPS) is 12.3. The molecular weight excluding hydrogens is 270 g/mol. The quantitative estimate of drug-likeness (QED) is 0.683. The van der Waals surface area contributed by atoms with Crippen LogP contribution in [0.5, 0.6) is 5.75 Å². The van der Waals surface area contributed by atoms with E-state index in [-0.39, 0.29) is 6.54 Å². The highest BCUT2D eigenvalue weighted by Gasteiger charge is 2.04. The predicted octanol–water partition coefficient (Wildman–Crippen LogP) is 0.0262. The number of aromatic nitrogens is 2. The van der Waals surface area contributed by atoms with Crippen LogP contribution in [0.4, 0.5) is 0 Å². The zero-order valence-corrected chi connectivity index (χ0v) is 10.4. The molecule has 8 heteroatoms. The third kappa shape index (κ3) is 3.47. The SMILES string of the molecule is O=c1[nH]c(-c2cccc(CNS(=O)[O-])c2)ncc1O. The summed E-state index contributed by atoms with van der Waals surface area (Å²) in [5, 5.41) is 9.11. The first-order chi connectivity index (χ1) is 9.06. The summed E-state index contributed by atoms with van der Waals surface area (Å²) in [4.78, 5) is 17.6. The first-order valence-electron chi connectivity index (χ1n) is 5.26. The van der Waals surface area contributed by atoms with Gasteiger partial charge in [0.1, 0.15) is 5.82 Å². The van der Waals surface area contributed by atoms with Crippen molar-refractivity contribution in [2.75, 3.05) is 0 Å². The summed E-state index contributed by atoms with van der Waals surface area (Å²) >= 11 is -2.33. The van der Waals surface area contributed by atoms with Crippen LogP contribution in [0.1, 0.15) is 5.56 Å². The minimum absolute atomic E-state index is 0.145. The Balaban J connectivity index is 2.29. The van der Waals surface area contributed by atoms with Gasteiger partial charge < -0.3 is 14.6 Å². The molecule has 0 radical (unpaired) electrons. The summed E-state index contributed by atoms with van der Waals surface area (Å²) in [5.74, 6) is -0.156. The first-order valence-corrected chi connectivity index (χ1v) is 6.34. The lowest BCUT2D eigenvalue weighted by Crippen LogP contribution is -2.15. The number of hydrogen-bond acceptors (Lipinski definition) is 5. The van der Waals surface area contributed by atoms with E-state index in [1.54, 1.807) is 24.3 Å². The monoisotopic (exact) mass is 280 g/mol. The fraction of sp³-hybridized carbons (Fsp3) is 0.0909. The Kier molecular flexibility index (Phi) is 4.05. The molecule has 0 saturated heterocycles. The highest BCUT2D eigenvalue weighted by molar-refractivity contribution is 7.77. The molecule has 0 aliphatic rings. The molecule has 0 fully saturated rings. The third-order valence-electron chi connectivity index (χ3n) is 2.38. The van der Waals surface area contributed by atoms with Crippen LogP contribution in [0.2, 0.25) is 0 Å². The molecule has 1 heterocycles. The second kappa shape index (κ2) is 5.74. The maximum Gasteiger partial charge on any atom is 0.293 e. The summed E-state index contributed by atoms with van der Waals surface area (Å²) in [5.41, 5.74) is 0.708. The number of nitrogens with one attached hydrogen (secondary N) is 2. The Bertz CT molecular complexity index is 671. The van der Waals surface area contributed by atoms with Gasteiger partial charge in [-0.2, -0.15) is 0 Å². The summed E-state index contributed by atoms with van der Waals surface area (Å²) in [6.07, 6.45) is 1.06. The van der Waals surface area contributed by atoms with Crippen molar-refractivity contribution in [1.82, 2.24) is 14.7 Å². The largest absolute Gasteiger partial charge is 0.760 e. The van der Waals surface area contributed by atoms with Crippen molar-refractivity contribution in [2.45, 2.75) is 6.54 Å². The number of H-pyrrole nitrogens is 1. The van der Waals surface area contributed by atoms with Gasteiger partial charge in [0.15, 0.2) is 5.75 Å². The number of hydrogen-bond donors (Lipinski definition) is 3. The van der Waals surface area contributed by atoms with E-state index >= 15 is 0 Å². The molecule has 2 rings (SSSR count). The number of rotatable bonds is 4. The van der Waals surface area contributed by atoms with Gasteiger partial charge in [-0.05, 0) is 11.6 Å². The van der Waals surface area contributed by atoms with E-state index in [0.29, 0.717) is 11.4 Å². The molecule has 1 aromatic heterocycles. The number of benzene rings is 1. The zero-order chi connectivity index (χ0) is 13.8. The molecule has 100 valence electrons. The van der Waals surface area contributed by atoms with Crippen LogP contribution < -0.4 is 10.3 Å². The Morgan fingerprint density at radius 2 is 2.26 bits per heavy atom.